The molecule has 0 aliphatic heterocycles. The van der Waals surface area contributed by atoms with Crippen LogP contribution in [0.5, 0.6) is 11.8 Å². The van der Waals surface area contributed by atoms with Crippen LogP contribution in [0.3, 0.4) is 0 Å². The van der Waals surface area contributed by atoms with Crippen LogP contribution in [0.4, 0.5) is 10.5 Å². The summed E-state index contributed by atoms with van der Waals surface area (Å²) in [6.07, 6.45) is -0.940. The Morgan fingerprint density at radius 2 is 1.71 bits per heavy atom. The maximum atomic E-state index is 12.9. The Balaban J connectivity index is 1.78. The van der Waals surface area contributed by atoms with Crippen molar-refractivity contribution in [3.63, 3.8) is 0 Å². The van der Waals surface area contributed by atoms with Crippen LogP contribution in [-0.4, -0.2) is 58.0 Å². The van der Waals surface area contributed by atoms with Gasteiger partial charge in [0, 0.05) is 36.5 Å². The summed E-state index contributed by atoms with van der Waals surface area (Å²) >= 11 is 0. The number of aromatic nitrogens is 1. The number of anilines is 1. The molecule has 9 nitrogen and oxygen atoms in total. The molecule has 2 amide bonds. The van der Waals surface area contributed by atoms with E-state index in [4.69, 9.17) is 4.84 Å². The van der Waals surface area contributed by atoms with Gasteiger partial charge in [-0.1, -0.05) is 38.1 Å². The molecule has 0 saturated carbocycles. The van der Waals surface area contributed by atoms with E-state index in [1.807, 2.05) is 24.3 Å². The van der Waals surface area contributed by atoms with Crippen molar-refractivity contribution < 1.29 is 24.6 Å². The van der Waals surface area contributed by atoms with Crippen LogP contribution < -0.4 is 15.5 Å². The van der Waals surface area contributed by atoms with Gasteiger partial charge in [0.1, 0.15) is 0 Å². The van der Waals surface area contributed by atoms with Crippen LogP contribution in [0.2, 0.25) is 0 Å². The summed E-state index contributed by atoms with van der Waals surface area (Å²) in [6.45, 7) is 7.19. The molecule has 0 bridgehead atoms. The number of nitrogens with one attached hydrogen (secondary N) is 2. The van der Waals surface area contributed by atoms with Crippen LogP contribution in [0.15, 0.2) is 48.5 Å². The first-order chi connectivity index (χ1) is 14.9. The zero-order chi connectivity index (χ0) is 22.4. The second-order valence-corrected chi connectivity index (χ2v) is 6.88. The molecular formula is C22H26N4O5. The van der Waals surface area contributed by atoms with Crippen molar-refractivity contribution in [2.45, 2.75) is 13.8 Å². The van der Waals surface area contributed by atoms with Crippen molar-refractivity contribution in [1.82, 2.24) is 14.9 Å². The minimum absolute atomic E-state index is 0.249. The minimum atomic E-state index is -0.940. The van der Waals surface area contributed by atoms with Gasteiger partial charge in [0.15, 0.2) is 0 Å². The van der Waals surface area contributed by atoms with Crippen molar-refractivity contribution in [2.75, 3.05) is 31.5 Å². The van der Waals surface area contributed by atoms with Gasteiger partial charge in [-0.3, -0.25) is 10.1 Å². The molecule has 3 aromatic rings. The van der Waals surface area contributed by atoms with Gasteiger partial charge in [-0.05, 0) is 36.0 Å². The third kappa shape index (κ3) is 5.26. The largest absolute Gasteiger partial charge is 0.492 e. The molecular weight excluding hydrogens is 400 g/mol. The predicted molar refractivity (Wildman–Crippen MR) is 117 cm³/mol. The fourth-order valence-electron chi connectivity index (χ4n) is 3.25. The van der Waals surface area contributed by atoms with E-state index in [0.29, 0.717) is 22.5 Å². The first-order valence-corrected chi connectivity index (χ1v) is 10.0. The molecule has 3 rings (SSSR count). The summed E-state index contributed by atoms with van der Waals surface area (Å²) in [6, 6.07) is 13.0. The summed E-state index contributed by atoms with van der Waals surface area (Å²) in [5.41, 5.74) is 0.753. The van der Waals surface area contributed by atoms with Crippen molar-refractivity contribution >= 4 is 28.5 Å². The van der Waals surface area contributed by atoms with E-state index in [2.05, 4.69) is 29.4 Å². The predicted octanol–water partition coefficient (Wildman–Crippen LogP) is 2.78. The number of nitrogens with zero attached hydrogens (tertiary/aromatic N) is 2. The number of hydrogen-bond donors (Lipinski definition) is 4. The molecule has 0 spiro atoms. The summed E-state index contributed by atoms with van der Waals surface area (Å²) in [7, 11) is 0. The second kappa shape index (κ2) is 9.86. The van der Waals surface area contributed by atoms with E-state index >= 15 is 0 Å². The highest BCUT2D eigenvalue weighted by molar-refractivity contribution is 6.09. The highest BCUT2D eigenvalue weighted by atomic mass is 16.7. The lowest BCUT2D eigenvalue weighted by atomic mass is 10.0. The SMILES string of the molecule is CCN(CC)CCNC(=O)c1cc(NC(=O)On2c(O)ccc2O)cc2ccccc12. The lowest BCUT2D eigenvalue weighted by Gasteiger charge is -2.18. The van der Waals surface area contributed by atoms with E-state index in [1.165, 1.54) is 12.1 Å². The summed E-state index contributed by atoms with van der Waals surface area (Å²) in [5, 5.41) is 26.2. The molecule has 0 saturated heterocycles. The van der Waals surface area contributed by atoms with Crippen LogP contribution in [0.1, 0.15) is 24.2 Å². The van der Waals surface area contributed by atoms with Gasteiger partial charge in [-0.2, -0.15) is 0 Å². The highest BCUT2D eigenvalue weighted by Crippen LogP contribution is 2.25. The number of benzene rings is 2. The molecule has 0 radical (unpaired) electrons. The quantitative estimate of drug-likeness (QED) is 0.440. The van der Waals surface area contributed by atoms with E-state index in [0.717, 1.165) is 30.4 Å². The molecule has 1 aromatic heterocycles. The zero-order valence-electron chi connectivity index (χ0n) is 17.5. The maximum Gasteiger partial charge on any atom is 0.436 e. The lowest BCUT2D eigenvalue weighted by Crippen LogP contribution is -2.34. The van der Waals surface area contributed by atoms with Crippen LogP contribution in [0, 0.1) is 0 Å². The Kier molecular flexibility index (Phi) is 6.99. The molecule has 0 atom stereocenters. The fourth-order valence-corrected chi connectivity index (χ4v) is 3.25. The smallest absolute Gasteiger partial charge is 0.436 e. The van der Waals surface area contributed by atoms with Gasteiger partial charge in [0.05, 0.1) is 0 Å². The fraction of sp³-hybridized carbons (Fsp3) is 0.273. The van der Waals surface area contributed by atoms with Gasteiger partial charge in [0.2, 0.25) is 11.8 Å². The number of fused-ring (bicyclic) bond motifs is 1. The highest BCUT2D eigenvalue weighted by Gasteiger charge is 2.16. The van der Waals surface area contributed by atoms with Gasteiger partial charge >= 0.3 is 6.09 Å². The minimum Gasteiger partial charge on any atom is -0.492 e. The average Bonchev–Trinajstić information content (AvgIpc) is 3.08. The maximum absolute atomic E-state index is 12.9. The molecule has 0 unspecified atom stereocenters. The number of amides is 2. The van der Waals surface area contributed by atoms with Crippen LogP contribution in [0.25, 0.3) is 10.8 Å². The normalized spacial score (nSPS) is 10.9. The Morgan fingerprint density at radius 3 is 2.39 bits per heavy atom. The third-order valence-electron chi connectivity index (χ3n) is 4.93. The first kappa shape index (κ1) is 22.0. The van der Waals surface area contributed by atoms with Crippen molar-refractivity contribution in [3.05, 3.63) is 54.1 Å². The molecule has 0 aliphatic carbocycles. The zero-order valence-corrected chi connectivity index (χ0v) is 17.5. The second-order valence-electron chi connectivity index (χ2n) is 6.88. The van der Waals surface area contributed by atoms with Crippen molar-refractivity contribution in [3.8, 4) is 11.8 Å². The van der Waals surface area contributed by atoms with Gasteiger partial charge in [-0.15, -0.1) is 4.73 Å². The Hall–Kier alpha value is -3.72. The molecule has 4 N–H and O–H groups in total. The van der Waals surface area contributed by atoms with Crippen LogP contribution >= 0.6 is 0 Å². The van der Waals surface area contributed by atoms with E-state index in [9.17, 15) is 19.8 Å². The molecule has 0 aliphatic rings. The number of aromatic hydroxyl groups is 2. The molecule has 0 fully saturated rings. The summed E-state index contributed by atoms with van der Waals surface area (Å²) in [4.78, 5) is 32.2. The number of carbonyl (C=O) groups is 2. The monoisotopic (exact) mass is 426 g/mol. The summed E-state index contributed by atoms with van der Waals surface area (Å²) in [5.74, 6) is -1.11. The number of rotatable bonds is 8. The molecule has 1 heterocycles. The standard InChI is InChI=1S/C22H26N4O5/c1-3-25(4-2)12-11-23-21(29)18-14-16(13-15-7-5-6-8-17(15)18)24-22(30)31-26-19(27)9-10-20(26)28/h5-10,13-14,27-28H,3-4,11-12H2,1-2H3,(H,23,29)(H,24,30). The first-order valence-electron chi connectivity index (χ1n) is 10.0. The van der Waals surface area contributed by atoms with Gasteiger partial charge in [0.25, 0.3) is 5.91 Å². The molecule has 164 valence electrons. The summed E-state index contributed by atoms with van der Waals surface area (Å²) < 4.78 is 0.581. The third-order valence-corrected chi connectivity index (χ3v) is 4.93. The lowest BCUT2D eigenvalue weighted by molar-refractivity contribution is 0.0950. The molecule has 2 aromatic carbocycles. The van der Waals surface area contributed by atoms with Gasteiger partial charge < -0.3 is 25.3 Å². The Labute approximate surface area is 179 Å². The number of likely N-dealkylation sites (N-methyl/N-ethyl adjacent to an activating group) is 1. The Bertz CT molecular complexity index is 1060. The van der Waals surface area contributed by atoms with E-state index in [-0.39, 0.29) is 5.91 Å². The molecule has 31 heavy (non-hydrogen) atoms. The molecule has 9 heteroatoms. The Morgan fingerprint density at radius 1 is 1.03 bits per heavy atom. The topological polar surface area (TPSA) is 116 Å². The van der Waals surface area contributed by atoms with E-state index < -0.39 is 17.9 Å². The van der Waals surface area contributed by atoms with Crippen molar-refractivity contribution in [1.29, 1.82) is 0 Å². The number of carbonyl (C=O) groups excluding carboxylic acids is 2. The van der Waals surface area contributed by atoms with E-state index in [1.54, 1.807) is 12.1 Å². The van der Waals surface area contributed by atoms with Crippen LogP contribution in [-0.2, 0) is 0 Å². The van der Waals surface area contributed by atoms with Gasteiger partial charge in [-0.25, -0.2) is 4.79 Å². The average molecular weight is 426 g/mol. The number of hydrogen-bond acceptors (Lipinski definition) is 6. The van der Waals surface area contributed by atoms with Crippen molar-refractivity contribution in [2.24, 2.45) is 0 Å².